The highest BCUT2D eigenvalue weighted by molar-refractivity contribution is 5.71. The summed E-state index contributed by atoms with van der Waals surface area (Å²) in [5, 5.41) is 11.0. The number of hydrogen-bond donors (Lipinski definition) is 3. The molecule has 0 spiro atoms. The van der Waals surface area contributed by atoms with E-state index in [1.165, 1.54) is 0 Å². The third-order valence-corrected chi connectivity index (χ3v) is 0.922. The molecule has 2 amide bonds. The van der Waals surface area contributed by atoms with Gasteiger partial charge in [-0.05, 0) is 5.92 Å². The quantitative estimate of drug-likeness (QED) is 0.448. The van der Waals surface area contributed by atoms with Crippen molar-refractivity contribution in [1.82, 2.24) is 5.32 Å². The average molecular weight is 132 g/mol. The molecule has 0 rings (SSSR count). The fourth-order valence-electron chi connectivity index (χ4n) is 0.312. The summed E-state index contributed by atoms with van der Waals surface area (Å²) >= 11 is 0. The van der Waals surface area contributed by atoms with Gasteiger partial charge in [-0.25, -0.2) is 4.79 Å². The van der Waals surface area contributed by atoms with Crippen LogP contribution in [-0.2, 0) is 0 Å². The van der Waals surface area contributed by atoms with Gasteiger partial charge >= 0.3 is 6.03 Å². The summed E-state index contributed by atoms with van der Waals surface area (Å²) in [6.07, 6.45) is -0.831. The van der Waals surface area contributed by atoms with E-state index in [9.17, 15) is 4.79 Å². The van der Waals surface area contributed by atoms with Crippen LogP contribution in [0.2, 0.25) is 0 Å². The number of carbonyl (C=O) groups excluding carboxylic acids is 1. The van der Waals surface area contributed by atoms with E-state index >= 15 is 0 Å². The molecule has 0 aliphatic carbocycles. The second kappa shape index (κ2) is 3.29. The maximum Gasteiger partial charge on any atom is 0.314 e. The molecule has 4 heteroatoms. The van der Waals surface area contributed by atoms with Crippen molar-refractivity contribution in [2.24, 2.45) is 11.7 Å². The Morgan fingerprint density at radius 2 is 2.11 bits per heavy atom. The standard InChI is InChI=1S/C5H12N2O2/c1-3(2)4(8)7-5(6)9/h3-4,8H,1-2H3,(H3,6,7,9). The van der Waals surface area contributed by atoms with Gasteiger partial charge in [0.25, 0.3) is 0 Å². The number of aliphatic hydroxyl groups excluding tert-OH is 1. The van der Waals surface area contributed by atoms with E-state index in [4.69, 9.17) is 10.8 Å². The van der Waals surface area contributed by atoms with Gasteiger partial charge in [-0.15, -0.1) is 0 Å². The smallest absolute Gasteiger partial charge is 0.314 e. The summed E-state index contributed by atoms with van der Waals surface area (Å²) in [5.74, 6) is -0.00231. The van der Waals surface area contributed by atoms with Crippen molar-refractivity contribution < 1.29 is 9.90 Å². The van der Waals surface area contributed by atoms with Crippen molar-refractivity contribution in [2.45, 2.75) is 20.1 Å². The lowest BCUT2D eigenvalue weighted by molar-refractivity contribution is 0.100. The molecule has 0 radical (unpaired) electrons. The molecule has 4 nitrogen and oxygen atoms in total. The van der Waals surface area contributed by atoms with Gasteiger partial charge in [0.05, 0.1) is 0 Å². The van der Waals surface area contributed by atoms with Gasteiger partial charge in [-0.2, -0.15) is 0 Å². The summed E-state index contributed by atoms with van der Waals surface area (Å²) in [7, 11) is 0. The number of hydrogen-bond acceptors (Lipinski definition) is 2. The van der Waals surface area contributed by atoms with Crippen LogP contribution in [0, 0.1) is 5.92 Å². The van der Waals surface area contributed by atoms with Crippen LogP contribution in [0.15, 0.2) is 0 Å². The SMILES string of the molecule is CC(C)C(O)NC(N)=O. The fourth-order valence-corrected chi connectivity index (χ4v) is 0.312. The first-order chi connectivity index (χ1) is 4.04. The van der Waals surface area contributed by atoms with Gasteiger partial charge in [0.15, 0.2) is 0 Å². The number of carbonyl (C=O) groups is 1. The number of nitrogens with two attached hydrogens (primary N) is 1. The zero-order valence-corrected chi connectivity index (χ0v) is 5.59. The summed E-state index contributed by atoms with van der Waals surface area (Å²) in [6.45, 7) is 3.56. The minimum absolute atomic E-state index is 0.00231. The first-order valence-electron chi connectivity index (χ1n) is 2.78. The van der Waals surface area contributed by atoms with Crippen LogP contribution in [-0.4, -0.2) is 17.4 Å². The third kappa shape index (κ3) is 3.78. The Bertz CT molecular complexity index is 103. The monoisotopic (exact) mass is 132 g/mol. The van der Waals surface area contributed by atoms with Crippen LogP contribution in [0.25, 0.3) is 0 Å². The molecule has 1 unspecified atom stereocenters. The van der Waals surface area contributed by atoms with Crippen molar-refractivity contribution in [3.8, 4) is 0 Å². The minimum atomic E-state index is -0.831. The second-order valence-corrected chi connectivity index (χ2v) is 2.20. The van der Waals surface area contributed by atoms with E-state index < -0.39 is 12.3 Å². The van der Waals surface area contributed by atoms with Gasteiger partial charge in [0.2, 0.25) is 0 Å². The lowest BCUT2D eigenvalue weighted by Gasteiger charge is -2.13. The molecule has 0 bridgehead atoms. The predicted octanol–water partition coefficient (Wildman–Crippen LogP) is -0.371. The number of urea groups is 1. The van der Waals surface area contributed by atoms with Gasteiger partial charge < -0.3 is 16.2 Å². The van der Waals surface area contributed by atoms with Gasteiger partial charge in [-0.3, -0.25) is 0 Å². The minimum Gasteiger partial charge on any atom is -0.373 e. The van der Waals surface area contributed by atoms with Crippen molar-refractivity contribution in [3.63, 3.8) is 0 Å². The lowest BCUT2D eigenvalue weighted by atomic mass is 10.2. The molecule has 0 aliphatic rings. The average Bonchev–Trinajstić information content (AvgIpc) is 1.63. The van der Waals surface area contributed by atoms with E-state index in [0.29, 0.717) is 0 Å². The molecule has 1 atom stereocenters. The van der Waals surface area contributed by atoms with Crippen molar-refractivity contribution >= 4 is 6.03 Å². The number of amides is 2. The zero-order valence-electron chi connectivity index (χ0n) is 5.59. The maximum absolute atomic E-state index is 10.1. The molecular weight excluding hydrogens is 120 g/mol. The van der Waals surface area contributed by atoms with Crippen LogP contribution in [0.3, 0.4) is 0 Å². The largest absolute Gasteiger partial charge is 0.373 e. The van der Waals surface area contributed by atoms with Gasteiger partial charge in [0, 0.05) is 0 Å². The van der Waals surface area contributed by atoms with Gasteiger partial charge in [-0.1, -0.05) is 13.8 Å². The summed E-state index contributed by atoms with van der Waals surface area (Å²) in [4.78, 5) is 10.1. The van der Waals surface area contributed by atoms with E-state index in [1.807, 2.05) is 0 Å². The second-order valence-electron chi connectivity index (χ2n) is 2.20. The normalized spacial score (nSPS) is 13.3. The molecule has 0 saturated heterocycles. The Kier molecular flexibility index (Phi) is 3.01. The third-order valence-electron chi connectivity index (χ3n) is 0.922. The van der Waals surface area contributed by atoms with E-state index in [2.05, 4.69) is 5.32 Å². The Hall–Kier alpha value is -0.770. The topological polar surface area (TPSA) is 75.3 Å². The van der Waals surface area contributed by atoms with Crippen LogP contribution < -0.4 is 11.1 Å². The molecule has 4 N–H and O–H groups in total. The van der Waals surface area contributed by atoms with E-state index in [0.717, 1.165) is 0 Å². The summed E-state index contributed by atoms with van der Waals surface area (Å²) in [5.41, 5.74) is 4.72. The van der Waals surface area contributed by atoms with E-state index in [1.54, 1.807) is 13.8 Å². The maximum atomic E-state index is 10.1. The summed E-state index contributed by atoms with van der Waals surface area (Å²) in [6, 6.07) is -0.698. The fraction of sp³-hybridized carbons (Fsp3) is 0.800. The molecular formula is C5H12N2O2. The molecule has 0 heterocycles. The van der Waals surface area contributed by atoms with E-state index in [-0.39, 0.29) is 5.92 Å². The highest BCUT2D eigenvalue weighted by Gasteiger charge is 2.08. The molecule has 9 heavy (non-hydrogen) atoms. The molecule has 54 valence electrons. The van der Waals surface area contributed by atoms with Crippen LogP contribution in [0.4, 0.5) is 4.79 Å². The van der Waals surface area contributed by atoms with Crippen LogP contribution >= 0.6 is 0 Å². The van der Waals surface area contributed by atoms with Crippen LogP contribution in [0.5, 0.6) is 0 Å². The molecule has 0 aromatic heterocycles. The molecule has 0 aromatic carbocycles. The zero-order chi connectivity index (χ0) is 7.44. The number of nitrogens with one attached hydrogen (secondary N) is 1. The first kappa shape index (κ1) is 8.23. The highest BCUT2D eigenvalue weighted by Crippen LogP contribution is 1.95. The predicted molar refractivity (Wildman–Crippen MR) is 33.6 cm³/mol. The number of primary amides is 1. The highest BCUT2D eigenvalue weighted by atomic mass is 16.3. The van der Waals surface area contributed by atoms with Crippen molar-refractivity contribution in [2.75, 3.05) is 0 Å². The molecule has 0 fully saturated rings. The molecule has 0 aromatic rings. The number of rotatable bonds is 2. The molecule has 0 aliphatic heterocycles. The number of aliphatic hydroxyl groups is 1. The van der Waals surface area contributed by atoms with Crippen molar-refractivity contribution in [1.29, 1.82) is 0 Å². The molecule has 0 saturated carbocycles. The Balaban J connectivity index is 3.50. The van der Waals surface area contributed by atoms with Gasteiger partial charge in [0.1, 0.15) is 6.23 Å². The lowest BCUT2D eigenvalue weighted by Crippen LogP contribution is -2.41. The Morgan fingerprint density at radius 3 is 2.22 bits per heavy atom. The Morgan fingerprint density at radius 1 is 1.67 bits per heavy atom. The first-order valence-corrected chi connectivity index (χ1v) is 2.78. The Labute approximate surface area is 54.0 Å². The van der Waals surface area contributed by atoms with Crippen molar-refractivity contribution in [3.05, 3.63) is 0 Å². The summed E-state index contributed by atoms with van der Waals surface area (Å²) < 4.78 is 0. The van der Waals surface area contributed by atoms with Crippen LogP contribution in [0.1, 0.15) is 13.8 Å².